The Hall–Kier alpha value is -1.26. The molecule has 1 aliphatic carbocycles. The van der Waals surface area contributed by atoms with Crippen molar-refractivity contribution >= 4 is 12.0 Å². The van der Waals surface area contributed by atoms with Crippen LogP contribution in [0.3, 0.4) is 0 Å². The lowest BCUT2D eigenvalue weighted by atomic mass is 9.96. The highest BCUT2D eigenvalue weighted by molar-refractivity contribution is 5.81. The summed E-state index contributed by atoms with van der Waals surface area (Å²) >= 11 is 0. The van der Waals surface area contributed by atoms with Crippen LogP contribution in [-0.2, 0) is 4.79 Å². The Kier molecular flexibility index (Phi) is 5.95. The first-order chi connectivity index (χ1) is 8.49. The van der Waals surface area contributed by atoms with Gasteiger partial charge in [0.25, 0.3) is 0 Å². The molecule has 1 atom stereocenters. The molecule has 0 heterocycles. The van der Waals surface area contributed by atoms with E-state index in [0.29, 0.717) is 6.42 Å². The molecule has 2 N–H and O–H groups in total. The summed E-state index contributed by atoms with van der Waals surface area (Å²) in [5, 5.41) is 16.2. The van der Waals surface area contributed by atoms with E-state index in [1.807, 2.05) is 13.8 Å². The van der Waals surface area contributed by atoms with Gasteiger partial charge < -0.3 is 20.5 Å². The van der Waals surface area contributed by atoms with Crippen molar-refractivity contribution in [3.05, 3.63) is 0 Å². The third kappa shape index (κ3) is 5.38. The van der Waals surface area contributed by atoms with Crippen LogP contribution in [0, 0.1) is 5.92 Å². The first-order valence-electron chi connectivity index (χ1n) is 6.77. The third-order valence-electron chi connectivity index (χ3n) is 3.24. The number of carbonyl (C=O) groups is 2. The molecule has 1 rings (SSSR count). The highest BCUT2D eigenvalue weighted by atomic mass is 16.4. The van der Waals surface area contributed by atoms with E-state index in [9.17, 15) is 14.7 Å². The molecular formula is C13H23N2O3-. The van der Waals surface area contributed by atoms with Gasteiger partial charge in [0, 0.05) is 6.04 Å². The summed E-state index contributed by atoms with van der Waals surface area (Å²) in [4.78, 5) is 22.6. The van der Waals surface area contributed by atoms with E-state index in [-0.39, 0.29) is 12.0 Å². The summed E-state index contributed by atoms with van der Waals surface area (Å²) in [5.41, 5.74) is 0. The minimum absolute atomic E-state index is 0.181. The number of aliphatic carboxylic acids is 1. The number of carboxylic acids is 1. The van der Waals surface area contributed by atoms with Crippen molar-refractivity contribution in [3.63, 3.8) is 0 Å². The molecule has 0 aliphatic heterocycles. The molecule has 0 bridgehead atoms. The topological polar surface area (TPSA) is 81.3 Å². The van der Waals surface area contributed by atoms with E-state index in [1.54, 1.807) is 0 Å². The van der Waals surface area contributed by atoms with E-state index in [4.69, 9.17) is 0 Å². The smallest absolute Gasteiger partial charge is 0.315 e. The molecule has 1 fully saturated rings. The van der Waals surface area contributed by atoms with E-state index in [1.165, 1.54) is 6.42 Å². The molecule has 18 heavy (non-hydrogen) atoms. The molecule has 104 valence electrons. The lowest BCUT2D eigenvalue weighted by Gasteiger charge is -2.26. The summed E-state index contributed by atoms with van der Waals surface area (Å²) in [5.74, 6) is -1.02. The highest BCUT2D eigenvalue weighted by Gasteiger charge is 2.19. The second-order valence-electron chi connectivity index (χ2n) is 5.45. The molecular weight excluding hydrogens is 232 g/mol. The molecule has 0 radical (unpaired) electrons. The van der Waals surface area contributed by atoms with Gasteiger partial charge in [-0.05, 0) is 25.2 Å². The molecule has 0 aromatic rings. The quantitative estimate of drug-likeness (QED) is 0.761. The largest absolute Gasteiger partial charge is 0.548 e. The van der Waals surface area contributed by atoms with Gasteiger partial charge in [0.1, 0.15) is 0 Å². The number of hydrogen-bond acceptors (Lipinski definition) is 3. The number of nitrogens with one attached hydrogen (secondary N) is 2. The fraction of sp³-hybridized carbons (Fsp3) is 0.846. The standard InChI is InChI=1S/C13H24N2O3/c1-9(2)8-11(12(16)17)15-13(18)14-10-6-4-3-5-7-10/h9-11H,3-8H2,1-2H3,(H,16,17)(H2,14,15,18)/p-1/t11-/m0/s1. The Morgan fingerprint density at radius 2 is 1.83 bits per heavy atom. The monoisotopic (exact) mass is 255 g/mol. The number of urea groups is 1. The predicted octanol–water partition coefficient (Wildman–Crippen LogP) is 0.783. The maximum atomic E-state index is 11.7. The molecule has 0 spiro atoms. The zero-order valence-corrected chi connectivity index (χ0v) is 11.2. The molecule has 2 amide bonds. The lowest BCUT2D eigenvalue weighted by Crippen LogP contribution is -2.53. The Labute approximate surface area is 108 Å². The predicted molar refractivity (Wildman–Crippen MR) is 66.8 cm³/mol. The van der Waals surface area contributed by atoms with Gasteiger partial charge in [-0.15, -0.1) is 0 Å². The van der Waals surface area contributed by atoms with E-state index >= 15 is 0 Å². The van der Waals surface area contributed by atoms with Crippen molar-refractivity contribution < 1.29 is 14.7 Å². The summed E-state index contributed by atoms with van der Waals surface area (Å²) in [7, 11) is 0. The van der Waals surface area contributed by atoms with Crippen molar-refractivity contribution in [2.24, 2.45) is 5.92 Å². The molecule has 0 saturated heterocycles. The first-order valence-corrected chi connectivity index (χ1v) is 6.77. The number of amides is 2. The molecule has 0 aromatic heterocycles. The van der Waals surface area contributed by atoms with Crippen LogP contribution in [0.5, 0.6) is 0 Å². The van der Waals surface area contributed by atoms with Gasteiger partial charge in [0.2, 0.25) is 0 Å². The Bertz CT molecular complexity index is 286. The van der Waals surface area contributed by atoms with E-state index < -0.39 is 18.0 Å². The molecule has 5 nitrogen and oxygen atoms in total. The maximum Gasteiger partial charge on any atom is 0.315 e. The number of carboxylic acid groups (broad SMARTS) is 1. The fourth-order valence-electron chi connectivity index (χ4n) is 2.32. The Balaban J connectivity index is 2.37. The summed E-state index contributed by atoms with van der Waals surface area (Å²) < 4.78 is 0. The summed E-state index contributed by atoms with van der Waals surface area (Å²) in [6.07, 6.45) is 5.82. The highest BCUT2D eigenvalue weighted by Crippen LogP contribution is 2.17. The minimum Gasteiger partial charge on any atom is -0.548 e. The van der Waals surface area contributed by atoms with Crippen LogP contribution in [-0.4, -0.2) is 24.1 Å². The lowest BCUT2D eigenvalue weighted by molar-refractivity contribution is -0.308. The maximum absolute atomic E-state index is 11.7. The molecule has 5 heteroatoms. The van der Waals surface area contributed by atoms with Gasteiger partial charge in [-0.2, -0.15) is 0 Å². The SMILES string of the molecule is CC(C)C[C@H](NC(=O)NC1CCCCC1)C(=O)[O-]. The van der Waals surface area contributed by atoms with Crippen molar-refractivity contribution in [2.45, 2.75) is 64.5 Å². The molecule has 1 aliphatic rings. The van der Waals surface area contributed by atoms with E-state index in [2.05, 4.69) is 10.6 Å². The van der Waals surface area contributed by atoms with Crippen LogP contribution in [0.25, 0.3) is 0 Å². The van der Waals surface area contributed by atoms with Gasteiger partial charge in [-0.1, -0.05) is 33.1 Å². The van der Waals surface area contributed by atoms with Crippen LogP contribution in [0.1, 0.15) is 52.4 Å². The van der Waals surface area contributed by atoms with Crippen LogP contribution >= 0.6 is 0 Å². The first kappa shape index (κ1) is 14.8. The van der Waals surface area contributed by atoms with Gasteiger partial charge in [0.05, 0.1) is 12.0 Å². The number of rotatable bonds is 5. The van der Waals surface area contributed by atoms with Gasteiger partial charge in [-0.3, -0.25) is 0 Å². The average Bonchev–Trinajstić information content (AvgIpc) is 2.28. The van der Waals surface area contributed by atoms with Crippen molar-refractivity contribution in [1.29, 1.82) is 0 Å². The van der Waals surface area contributed by atoms with Crippen molar-refractivity contribution in [2.75, 3.05) is 0 Å². The summed E-state index contributed by atoms with van der Waals surface area (Å²) in [6, 6.07) is -1.12. The normalized spacial score (nSPS) is 18.4. The van der Waals surface area contributed by atoms with Gasteiger partial charge in [0.15, 0.2) is 0 Å². The van der Waals surface area contributed by atoms with E-state index in [0.717, 1.165) is 25.7 Å². The zero-order valence-electron chi connectivity index (χ0n) is 11.2. The van der Waals surface area contributed by atoms with Crippen LogP contribution < -0.4 is 15.7 Å². The minimum atomic E-state index is -1.22. The molecule has 0 aromatic carbocycles. The summed E-state index contributed by atoms with van der Waals surface area (Å²) in [6.45, 7) is 3.83. The van der Waals surface area contributed by atoms with Gasteiger partial charge >= 0.3 is 6.03 Å². The third-order valence-corrected chi connectivity index (χ3v) is 3.24. The molecule has 0 unspecified atom stereocenters. The number of hydrogen-bond donors (Lipinski definition) is 2. The molecule has 1 saturated carbocycles. The van der Waals surface area contributed by atoms with Crippen LogP contribution in [0.4, 0.5) is 4.79 Å². The average molecular weight is 255 g/mol. The van der Waals surface area contributed by atoms with Gasteiger partial charge in [-0.25, -0.2) is 4.79 Å². The number of carbonyl (C=O) groups excluding carboxylic acids is 2. The second-order valence-corrected chi connectivity index (χ2v) is 5.45. The second kappa shape index (κ2) is 7.24. The van der Waals surface area contributed by atoms with Crippen LogP contribution in [0.2, 0.25) is 0 Å². The van der Waals surface area contributed by atoms with Crippen LogP contribution in [0.15, 0.2) is 0 Å². The Morgan fingerprint density at radius 3 is 2.33 bits per heavy atom. The fourth-order valence-corrected chi connectivity index (χ4v) is 2.32. The zero-order chi connectivity index (χ0) is 13.5. The van der Waals surface area contributed by atoms with Crippen molar-refractivity contribution in [1.82, 2.24) is 10.6 Å². The van der Waals surface area contributed by atoms with Crippen molar-refractivity contribution in [3.8, 4) is 0 Å². The Morgan fingerprint density at radius 1 is 1.22 bits per heavy atom.